The lowest BCUT2D eigenvalue weighted by atomic mass is 9.73. The van der Waals surface area contributed by atoms with Crippen molar-refractivity contribution < 1.29 is 0 Å². The molecule has 0 N–H and O–H groups in total. The molecule has 0 radical (unpaired) electrons. The number of benzene rings is 1. The molecule has 0 saturated heterocycles. The van der Waals surface area contributed by atoms with Crippen LogP contribution >= 0.6 is 11.8 Å². The lowest BCUT2D eigenvalue weighted by Gasteiger charge is -2.41. The van der Waals surface area contributed by atoms with Crippen molar-refractivity contribution in [2.75, 3.05) is 0 Å². The number of nitrogens with zero attached hydrogens (tertiary/aromatic N) is 2. The molecule has 0 spiro atoms. The summed E-state index contributed by atoms with van der Waals surface area (Å²) in [4.78, 5) is 11.0. The number of rotatable bonds is 3. The van der Waals surface area contributed by atoms with E-state index < -0.39 is 0 Å². The van der Waals surface area contributed by atoms with Gasteiger partial charge in [0.05, 0.1) is 11.3 Å². The Labute approximate surface area is 188 Å². The average Bonchev–Trinajstić information content (AvgIpc) is 3.01. The molecule has 0 amide bonds. The van der Waals surface area contributed by atoms with Gasteiger partial charge in [-0.3, -0.25) is 9.98 Å². The largest absolute Gasteiger partial charge is 0.286 e. The summed E-state index contributed by atoms with van der Waals surface area (Å²) < 4.78 is 0. The van der Waals surface area contributed by atoms with Crippen molar-refractivity contribution in [2.45, 2.75) is 97.4 Å². The van der Waals surface area contributed by atoms with Crippen LogP contribution in [0.2, 0.25) is 0 Å². The van der Waals surface area contributed by atoms with E-state index in [0.29, 0.717) is 6.04 Å². The third kappa shape index (κ3) is 4.86. The van der Waals surface area contributed by atoms with Crippen LogP contribution in [0.1, 0.15) is 86.1 Å². The van der Waals surface area contributed by atoms with E-state index in [-0.39, 0.29) is 21.6 Å². The summed E-state index contributed by atoms with van der Waals surface area (Å²) in [7, 11) is 0. The van der Waals surface area contributed by atoms with E-state index in [2.05, 4.69) is 71.8 Å². The topological polar surface area (TPSA) is 24.7 Å². The van der Waals surface area contributed by atoms with Gasteiger partial charge in [-0.2, -0.15) is 0 Å². The number of hydrogen-bond acceptors (Lipinski definition) is 3. The van der Waals surface area contributed by atoms with Gasteiger partial charge >= 0.3 is 0 Å². The Bertz CT molecular complexity index is 858. The minimum Gasteiger partial charge on any atom is -0.286 e. The van der Waals surface area contributed by atoms with Crippen LogP contribution in [0.5, 0.6) is 0 Å². The zero-order valence-corrected chi connectivity index (χ0v) is 20.7. The third-order valence-corrected chi connectivity index (χ3v) is 7.42. The van der Waals surface area contributed by atoms with E-state index in [1.807, 2.05) is 18.2 Å². The molecule has 1 saturated carbocycles. The Morgan fingerprint density at radius 2 is 1.83 bits per heavy atom. The summed E-state index contributed by atoms with van der Waals surface area (Å²) in [6, 6.07) is 10.6. The molecule has 2 aliphatic rings. The zero-order valence-electron chi connectivity index (χ0n) is 19.9. The lowest BCUT2D eigenvalue weighted by Crippen LogP contribution is -2.50. The van der Waals surface area contributed by atoms with Crippen molar-refractivity contribution in [1.82, 2.24) is 0 Å². The van der Waals surface area contributed by atoms with Crippen molar-refractivity contribution in [2.24, 2.45) is 20.8 Å². The maximum absolute atomic E-state index is 5.60. The summed E-state index contributed by atoms with van der Waals surface area (Å²) in [5.74, 6) is 3.36. The number of hydrogen-bond donors (Lipinski definition) is 0. The molecule has 3 rings (SSSR count). The molecule has 1 aliphatic heterocycles. The van der Waals surface area contributed by atoms with Gasteiger partial charge in [0.1, 0.15) is 5.54 Å². The van der Waals surface area contributed by atoms with E-state index in [9.17, 15) is 0 Å². The second-order valence-electron chi connectivity index (χ2n) is 10.8. The first kappa shape index (κ1) is 23.1. The van der Waals surface area contributed by atoms with Gasteiger partial charge in [0, 0.05) is 22.4 Å². The minimum absolute atomic E-state index is 0.0278. The molecule has 1 aromatic rings. The Balaban J connectivity index is 2.05. The minimum atomic E-state index is -0.143. The maximum Gasteiger partial charge on any atom is 0.101 e. The van der Waals surface area contributed by atoms with Crippen molar-refractivity contribution in [3.63, 3.8) is 0 Å². The molecular formula is C27H38N2S. The van der Waals surface area contributed by atoms with Crippen molar-refractivity contribution in [3.05, 3.63) is 35.9 Å². The standard InChI is InChI=1S/C27H38N2S/c1-8-21(25(2,3)4)29-27-18-13-12-16-22(27)28-23(26(5,6)7)24(27)30-19-17-20-14-10-9-11-15-20/h9-11,14-15,22,24H,8,12-13,16,18H2,1-7H3/t22?,24-,27?/m0/s1. The van der Waals surface area contributed by atoms with E-state index in [0.717, 1.165) is 24.8 Å². The molecule has 3 heteroatoms. The van der Waals surface area contributed by atoms with Crippen LogP contribution in [0.15, 0.2) is 40.3 Å². The highest BCUT2D eigenvalue weighted by atomic mass is 32.2. The zero-order chi connectivity index (χ0) is 22.0. The van der Waals surface area contributed by atoms with Gasteiger partial charge in [-0.15, -0.1) is 0 Å². The van der Waals surface area contributed by atoms with Crippen LogP contribution in [0.25, 0.3) is 0 Å². The third-order valence-electron chi connectivity index (χ3n) is 6.34. The van der Waals surface area contributed by atoms with Crippen LogP contribution in [0.4, 0.5) is 0 Å². The van der Waals surface area contributed by atoms with Crippen molar-refractivity contribution in [3.8, 4) is 11.2 Å². The van der Waals surface area contributed by atoms with Crippen molar-refractivity contribution >= 4 is 23.2 Å². The molecule has 1 fully saturated rings. The highest BCUT2D eigenvalue weighted by Crippen LogP contribution is 2.50. The van der Waals surface area contributed by atoms with Crippen LogP contribution in [-0.4, -0.2) is 28.3 Å². The summed E-state index contributed by atoms with van der Waals surface area (Å²) in [6.45, 7) is 16.0. The maximum atomic E-state index is 5.60. The SMILES string of the molecule is CCC(=NC12CCCCC1N=C(C(C)(C)C)[C@@H]2SC#Cc1ccccc1)C(C)(C)C. The van der Waals surface area contributed by atoms with Gasteiger partial charge in [0.25, 0.3) is 0 Å². The fraction of sp³-hybridized carbons (Fsp3) is 0.630. The van der Waals surface area contributed by atoms with E-state index in [1.54, 1.807) is 11.8 Å². The van der Waals surface area contributed by atoms with Crippen LogP contribution in [-0.2, 0) is 0 Å². The first-order valence-corrected chi connectivity index (χ1v) is 12.3. The second kappa shape index (κ2) is 8.91. The fourth-order valence-corrected chi connectivity index (χ4v) is 6.10. The highest BCUT2D eigenvalue weighted by molar-refractivity contribution is 8.05. The van der Waals surface area contributed by atoms with Gasteiger partial charge in [0.2, 0.25) is 0 Å². The predicted octanol–water partition coefficient (Wildman–Crippen LogP) is 7.18. The summed E-state index contributed by atoms with van der Waals surface area (Å²) in [5, 5.41) is 3.68. The molecule has 162 valence electrons. The quantitative estimate of drug-likeness (QED) is 0.374. The Kier molecular flexibility index (Phi) is 6.87. The first-order chi connectivity index (χ1) is 14.1. The first-order valence-electron chi connectivity index (χ1n) is 11.5. The number of fused-ring (bicyclic) bond motifs is 1. The fourth-order valence-electron chi connectivity index (χ4n) is 4.75. The summed E-state index contributed by atoms with van der Waals surface area (Å²) in [6.07, 6.45) is 5.75. The molecule has 1 aliphatic carbocycles. The van der Waals surface area contributed by atoms with Crippen molar-refractivity contribution in [1.29, 1.82) is 0 Å². The molecular weight excluding hydrogens is 384 g/mol. The van der Waals surface area contributed by atoms with E-state index >= 15 is 0 Å². The predicted molar refractivity (Wildman–Crippen MR) is 134 cm³/mol. The lowest BCUT2D eigenvalue weighted by molar-refractivity contribution is 0.284. The molecule has 1 heterocycles. The Morgan fingerprint density at radius 1 is 1.13 bits per heavy atom. The summed E-state index contributed by atoms with van der Waals surface area (Å²) >= 11 is 1.76. The Hall–Kier alpha value is -1.53. The van der Waals surface area contributed by atoms with E-state index in [1.165, 1.54) is 24.3 Å². The molecule has 2 nitrogen and oxygen atoms in total. The van der Waals surface area contributed by atoms with Crippen LogP contribution in [0.3, 0.4) is 0 Å². The smallest absolute Gasteiger partial charge is 0.101 e. The second-order valence-corrected chi connectivity index (χ2v) is 11.7. The average molecular weight is 423 g/mol. The molecule has 2 unspecified atom stereocenters. The van der Waals surface area contributed by atoms with E-state index in [4.69, 9.17) is 9.98 Å². The Morgan fingerprint density at radius 3 is 2.43 bits per heavy atom. The monoisotopic (exact) mass is 422 g/mol. The van der Waals surface area contributed by atoms with Gasteiger partial charge in [-0.25, -0.2) is 0 Å². The summed E-state index contributed by atoms with van der Waals surface area (Å²) in [5.41, 5.74) is 3.66. The number of thioether (sulfide) groups is 1. The van der Waals surface area contributed by atoms with Gasteiger partial charge < -0.3 is 0 Å². The molecule has 1 aromatic carbocycles. The van der Waals surface area contributed by atoms with Gasteiger partial charge in [-0.1, -0.05) is 97.2 Å². The molecule has 0 aromatic heterocycles. The molecule has 30 heavy (non-hydrogen) atoms. The van der Waals surface area contributed by atoms with Crippen LogP contribution < -0.4 is 0 Å². The van der Waals surface area contributed by atoms with Gasteiger partial charge in [-0.05, 0) is 42.1 Å². The highest BCUT2D eigenvalue weighted by Gasteiger charge is 2.56. The normalized spacial score (nSPS) is 27.2. The van der Waals surface area contributed by atoms with Gasteiger partial charge in [0.15, 0.2) is 0 Å². The molecule has 3 atom stereocenters. The van der Waals surface area contributed by atoms with Crippen LogP contribution in [0, 0.1) is 22.0 Å². The number of aliphatic imine (C=N–C) groups is 2. The molecule has 0 bridgehead atoms.